The van der Waals surface area contributed by atoms with E-state index in [0.29, 0.717) is 25.7 Å². The molecule has 1 aliphatic rings. The van der Waals surface area contributed by atoms with E-state index in [-0.39, 0.29) is 62.2 Å². The summed E-state index contributed by atoms with van der Waals surface area (Å²) in [6.07, 6.45) is -1.40. The van der Waals surface area contributed by atoms with Gasteiger partial charge in [-0.05, 0) is 37.8 Å². The molecule has 1 fully saturated rings. The van der Waals surface area contributed by atoms with Gasteiger partial charge in [0, 0.05) is 12.0 Å². The number of rotatable bonds is 7. The molecule has 0 aliphatic heterocycles. The number of alkyl halides is 3. The summed E-state index contributed by atoms with van der Waals surface area (Å²) in [7, 11) is 0. The molecule has 5 N–H and O–H groups in total. The number of amides is 1. The predicted molar refractivity (Wildman–Crippen MR) is 131 cm³/mol. The number of nitriles is 1. The van der Waals surface area contributed by atoms with Crippen molar-refractivity contribution in [1.29, 1.82) is 5.26 Å². The lowest BCUT2D eigenvalue weighted by Gasteiger charge is -2.29. The molecule has 4 rings (SSSR count). The van der Waals surface area contributed by atoms with Crippen LogP contribution in [0.1, 0.15) is 37.3 Å². The predicted octanol–water partition coefficient (Wildman–Crippen LogP) is 4.30. The molecule has 196 valence electrons. The minimum atomic E-state index is -4.73. The molecular formula is C22H21Cl2F3N8O2. The van der Waals surface area contributed by atoms with Gasteiger partial charge in [0.1, 0.15) is 11.6 Å². The number of nitrogens with two attached hydrogens (primary N) is 1. The second-order valence-electron chi connectivity index (χ2n) is 8.59. The van der Waals surface area contributed by atoms with Crippen LogP contribution in [0.3, 0.4) is 0 Å². The Hall–Kier alpha value is -3.34. The fraction of sp³-hybridized carbons (Fsp3) is 0.409. The van der Waals surface area contributed by atoms with Gasteiger partial charge in [-0.2, -0.15) is 23.4 Å². The molecule has 1 aromatic carbocycles. The summed E-state index contributed by atoms with van der Waals surface area (Å²) in [5.41, 5.74) is 6.49. The molecule has 10 nitrogen and oxygen atoms in total. The largest absolute Gasteiger partial charge is 0.410 e. The number of aliphatic hydroxyl groups excluding tert-OH is 1. The Bertz CT molecular complexity index is 1340. The lowest BCUT2D eigenvalue weighted by molar-refractivity contribution is -0.149. The van der Waals surface area contributed by atoms with Gasteiger partial charge in [-0.15, -0.1) is 0 Å². The van der Waals surface area contributed by atoms with Gasteiger partial charge in [0.15, 0.2) is 5.65 Å². The van der Waals surface area contributed by atoms with E-state index in [1.54, 1.807) is 4.57 Å². The Labute approximate surface area is 218 Å². The number of fused-ring (bicyclic) bond motifs is 1. The van der Waals surface area contributed by atoms with Gasteiger partial charge < -0.3 is 21.5 Å². The van der Waals surface area contributed by atoms with Crippen molar-refractivity contribution in [2.75, 3.05) is 17.2 Å². The SMILES string of the molecule is N#Cc1cc(Cl)c(Nc2nc3cnc(N[C@H](CO)C(F)(F)F)nc3n2C2CCC(C(N)=O)CC2)c(Cl)c1. The number of imidazole rings is 1. The van der Waals surface area contributed by atoms with Crippen molar-refractivity contribution in [2.24, 2.45) is 11.7 Å². The summed E-state index contributed by atoms with van der Waals surface area (Å²) in [6, 6.07) is 2.31. The quantitative estimate of drug-likeness (QED) is 0.335. The maximum Gasteiger partial charge on any atom is 0.410 e. The summed E-state index contributed by atoms with van der Waals surface area (Å²) in [5, 5.41) is 23.8. The zero-order valence-corrected chi connectivity index (χ0v) is 20.6. The fourth-order valence-corrected chi connectivity index (χ4v) is 4.85. The molecule has 1 saturated carbocycles. The van der Waals surface area contributed by atoms with Gasteiger partial charge in [0.2, 0.25) is 17.8 Å². The number of carbonyl (C=O) groups is 1. The van der Waals surface area contributed by atoms with Crippen LogP contribution in [0.2, 0.25) is 10.0 Å². The number of carbonyl (C=O) groups excluding carboxylic acids is 1. The Morgan fingerprint density at radius 1 is 1.24 bits per heavy atom. The first kappa shape index (κ1) is 26.7. The van der Waals surface area contributed by atoms with Gasteiger partial charge >= 0.3 is 6.18 Å². The molecule has 3 aromatic rings. The van der Waals surface area contributed by atoms with Crippen molar-refractivity contribution in [3.8, 4) is 6.07 Å². The summed E-state index contributed by atoms with van der Waals surface area (Å²) in [4.78, 5) is 24.3. The zero-order chi connectivity index (χ0) is 26.9. The maximum absolute atomic E-state index is 13.2. The summed E-state index contributed by atoms with van der Waals surface area (Å²) in [5.74, 6) is -0.780. The lowest BCUT2D eigenvalue weighted by Crippen LogP contribution is -2.39. The second-order valence-corrected chi connectivity index (χ2v) is 9.40. The minimum absolute atomic E-state index is 0.157. The van der Waals surface area contributed by atoms with Crippen molar-refractivity contribution in [2.45, 2.75) is 43.9 Å². The number of aromatic nitrogens is 4. The molecule has 2 heterocycles. The number of anilines is 3. The summed E-state index contributed by atoms with van der Waals surface area (Å²) >= 11 is 12.7. The van der Waals surface area contributed by atoms with Crippen molar-refractivity contribution in [3.05, 3.63) is 33.9 Å². The average molecular weight is 557 g/mol. The highest BCUT2D eigenvalue weighted by molar-refractivity contribution is 6.39. The first-order chi connectivity index (χ1) is 17.5. The highest BCUT2D eigenvalue weighted by Crippen LogP contribution is 2.39. The van der Waals surface area contributed by atoms with Crippen LogP contribution in [-0.2, 0) is 4.79 Å². The van der Waals surface area contributed by atoms with Gasteiger partial charge in [-0.1, -0.05) is 23.2 Å². The van der Waals surface area contributed by atoms with E-state index < -0.39 is 18.8 Å². The summed E-state index contributed by atoms with van der Waals surface area (Å²) < 4.78 is 41.2. The van der Waals surface area contributed by atoms with Crippen LogP contribution in [-0.4, -0.2) is 49.4 Å². The lowest BCUT2D eigenvalue weighted by atomic mass is 9.85. The van der Waals surface area contributed by atoms with Crippen LogP contribution in [0.5, 0.6) is 0 Å². The van der Waals surface area contributed by atoms with E-state index in [1.165, 1.54) is 18.3 Å². The van der Waals surface area contributed by atoms with Crippen molar-refractivity contribution >= 4 is 57.9 Å². The first-order valence-corrected chi connectivity index (χ1v) is 11.9. The smallest absolute Gasteiger partial charge is 0.394 e. The van der Waals surface area contributed by atoms with Crippen molar-refractivity contribution in [3.63, 3.8) is 0 Å². The van der Waals surface area contributed by atoms with E-state index in [4.69, 9.17) is 34.2 Å². The molecule has 1 amide bonds. The molecule has 1 aliphatic carbocycles. The Morgan fingerprint density at radius 3 is 2.43 bits per heavy atom. The number of aliphatic hydroxyl groups is 1. The molecule has 37 heavy (non-hydrogen) atoms. The fourth-order valence-electron chi connectivity index (χ4n) is 4.27. The van der Waals surface area contributed by atoms with Gasteiger partial charge in [0.05, 0.1) is 40.2 Å². The number of benzene rings is 1. The van der Waals surface area contributed by atoms with Crippen LogP contribution in [0.4, 0.5) is 30.8 Å². The zero-order valence-electron chi connectivity index (χ0n) is 19.1. The molecule has 0 spiro atoms. The molecule has 15 heteroatoms. The third-order valence-electron chi connectivity index (χ3n) is 6.19. The minimum Gasteiger partial charge on any atom is -0.394 e. The Balaban J connectivity index is 1.78. The molecule has 0 radical (unpaired) electrons. The van der Waals surface area contributed by atoms with E-state index in [2.05, 4.69) is 25.6 Å². The standard InChI is InChI=1S/C22H21Cl2F3N8O2/c23-13-5-10(7-28)6-14(24)17(13)33-21-31-15-8-30-20(32-16(9-36)22(25,26)27)34-19(15)35(21)12-3-1-11(2-4-12)18(29)37/h5-6,8,11-12,16,36H,1-4,9H2,(H2,29,37)(H,31,33)(H,30,32,34)/t11?,12?,16-/m1/s1. The maximum atomic E-state index is 13.2. The Kier molecular flexibility index (Phi) is 7.63. The number of nitrogens with zero attached hydrogens (tertiary/aromatic N) is 5. The summed E-state index contributed by atoms with van der Waals surface area (Å²) in [6.45, 7) is -1.20. The number of nitrogens with one attached hydrogen (secondary N) is 2. The number of primary amides is 1. The molecule has 0 bridgehead atoms. The number of hydrogen-bond acceptors (Lipinski definition) is 8. The van der Waals surface area contributed by atoms with Crippen LogP contribution in [0.15, 0.2) is 18.3 Å². The van der Waals surface area contributed by atoms with Gasteiger partial charge in [-0.25, -0.2) is 9.97 Å². The average Bonchev–Trinajstić information content (AvgIpc) is 3.21. The van der Waals surface area contributed by atoms with E-state index in [9.17, 15) is 23.1 Å². The van der Waals surface area contributed by atoms with E-state index in [1.807, 2.05) is 6.07 Å². The van der Waals surface area contributed by atoms with Gasteiger partial charge in [0.25, 0.3) is 0 Å². The van der Waals surface area contributed by atoms with Crippen molar-refractivity contribution < 1.29 is 23.1 Å². The second kappa shape index (κ2) is 10.6. The molecule has 2 aromatic heterocycles. The monoisotopic (exact) mass is 556 g/mol. The van der Waals surface area contributed by atoms with E-state index in [0.717, 1.165) is 0 Å². The first-order valence-electron chi connectivity index (χ1n) is 11.2. The number of hydrogen-bond donors (Lipinski definition) is 4. The van der Waals surface area contributed by atoms with Crippen molar-refractivity contribution in [1.82, 2.24) is 19.5 Å². The number of halogens is 5. The molecule has 1 atom stereocenters. The van der Waals surface area contributed by atoms with Crippen LogP contribution in [0, 0.1) is 17.2 Å². The van der Waals surface area contributed by atoms with E-state index >= 15 is 0 Å². The van der Waals surface area contributed by atoms with Crippen LogP contribution < -0.4 is 16.4 Å². The highest BCUT2D eigenvalue weighted by Gasteiger charge is 2.40. The third kappa shape index (κ3) is 5.66. The molecule has 0 saturated heterocycles. The van der Waals surface area contributed by atoms with Gasteiger partial charge in [-0.3, -0.25) is 9.36 Å². The topological polar surface area (TPSA) is 155 Å². The Morgan fingerprint density at radius 2 is 1.89 bits per heavy atom. The third-order valence-corrected chi connectivity index (χ3v) is 6.78. The molecule has 0 unspecified atom stereocenters. The van der Waals surface area contributed by atoms with Crippen LogP contribution in [0.25, 0.3) is 11.2 Å². The normalized spacial score (nSPS) is 18.8. The highest BCUT2D eigenvalue weighted by atomic mass is 35.5. The van der Waals surface area contributed by atoms with Crippen LogP contribution >= 0.6 is 23.2 Å². The molecular weight excluding hydrogens is 536 g/mol.